The van der Waals surface area contributed by atoms with Crippen molar-refractivity contribution in [3.05, 3.63) is 12.2 Å². The van der Waals surface area contributed by atoms with Crippen molar-refractivity contribution in [2.45, 2.75) is 13.3 Å². The van der Waals surface area contributed by atoms with Gasteiger partial charge in [0.15, 0.2) is 0 Å². The SMILES string of the molecule is CC1C2C=CC(C2)C1C(=O)N1CCSC1=S. The molecule has 4 atom stereocenters. The first kappa shape index (κ1) is 10.8. The Morgan fingerprint density at radius 1 is 1.50 bits per heavy atom. The molecule has 0 radical (unpaired) electrons. The first-order chi connectivity index (χ1) is 7.68. The third-order valence-corrected chi connectivity index (χ3v) is 5.59. The highest BCUT2D eigenvalue weighted by atomic mass is 32.2. The van der Waals surface area contributed by atoms with E-state index in [1.807, 2.05) is 4.90 Å². The molecule has 1 aliphatic heterocycles. The molecule has 1 amide bonds. The lowest BCUT2D eigenvalue weighted by Gasteiger charge is -2.27. The average molecular weight is 253 g/mol. The van der Waals surface area contributed by atoms with Gasteiger partial charge in [-0.05, 0) is 24.2 Å². The monoisotopic (exact) mass is 253 g/mol. The molecule has 0 aromatic heterocycles. The van der Waals surface area contributed by atoms with Crippen LogP contribution in [0.15, 0.2) is 12.2 Å². The summed E-state index contributed by atoms with van der Waals surface area (Å²) in [6, 6.07) is 0. The van der Waals surface area contributed by atoms with Gasteiger partial charge in [-0.2, -0.15) is 0 Å². The fraction of sp³-hybridized carbons (Fsp3) is 0.667. The Kier molecular flexibility index (Phi) is 2.59. The Hall–Kier alpha value is -0.350. The standard InChI is InChI=1S/C12H15NOS2/c1-7-8-2-3-9(6-8)10(7)11(14)13-4-5-16-12(13)15/h2-3,7-10H,4-6H2,1H3. The molecule has 2 bridgehead atoms. The maximum absolute atomic E-state index is 12.4. The van der Waals surface area contributed by atoms with Crippen molar-refractivity contribution in [2.24, 2.45) is 23.7 Å². The van der Waals surface area contributed by atoms with Crippen molar-refractivity contribution < 1.29 is 4.79 Å². The minimum absolute atomic E-state index is 0.187. The Bertz CT molecular complexity index is 379. The molecule has 2 fully saturated rings. The molecule has 0 N–H and O–H groups in total. The molecule has 2 nitrogen and oxygen atoms in total. The molecule has 16 heavy (non-hydrogen) atoms. The van der Waals surface area contributed by atoms with Crippen LogP contribution >= 0.6 is 24.0 Å². The molecular weight excluding hydrogens is 238 g/mol. The van der Waals surface area contributed by atoms with Gasteiger partial charge in [0.1, 0.15) is 4.32 Å². The van der Waals surface area contributed by atoms with Gasteiger partial charge >= 0.3 is 0 Å². The van der Waals surface area contributed by atoms with Crippen LogP contribution in [0.3, 0.4) is 0 Å². The third kappa shape index (κ3) is 1.46. The number of hydrogen-bond acceptors (Lipinski definition) is 3. The lowest BCUT2D eigenvalue weighted by molar-refractivity contribution is -0.133. The maximum atomic E-state index is 12.4. The number of amides is 1. The van der Waals surface area contributed by atoms with E-state index in [1.54, 1.807) is 11.8 Å². The van der Waals surface area contributed by atoms with E-state index in [-0.39, 0.29) is 11.8 Å². The summed E-state index contributed by atoms with van der Waals surface area (Å²) >= 11 is 6.86. The fourth-order valence-electron chi connectivity index (χ4n) is 3.25. The number of carbonyl (C=O) groups excluding carboxylic acids is 1. The van der Waals surface area contributed by atoms with E-state index in [2.05, 4.69) is 19.1 Å². The van der Waals surface area contributed by atoms with Gasteiger partial charge in [0.05, 0.1) is 0 Å². The fourth-order valence-corrected chi connectivity index (χ4v) is 4.47. The second kappa shape index (κ2) is 3.84. The lowest BCUT2D eigenvalue weighted by Crippen LogP contribution is -2.40. The predicted octanol–water partition coefficient (Wildman–Crippen LogP) is 2.30. The van der Waals surface area contributed by atoms with Gasteiger partial charge in [-0.25, -0.2) is 0 Å². The maximum Gasteiger partial charge on any atom is 0.232 e. The van der Waals surface area contributed by atoms with E-state index in [1.165, 1.54) is 6.42 Å². The Balaban J connectivity index is 1.81. The molecule has 3 aliphatic rings. The van der Waals surface area contributed by atoms with Gasteiger partial charge < -0.3 is 0 Å². The number of allylic oxidation sites excluding steroid dienone is 2. The van der Waals surface area contributed by atoms with E-state index in [0.29, 0.717) is 17.8 Å². The van der Waals surface area contributed by atoms with E-state index < -0.39 is 0 Å². The summed E-state index contributed by atoms with van der Waals surface area (Å²) in [5, 5.41) is 0. The second-order valence-electron chi connectivity index (χ2n) is 4.94. The highest BCUT2D eigenvalue weighted by Gasteiger charge is 2.47. The van der Waals surface area contributed by atoms with E-state index in [4.69, 9.17) is 12.2 Å². The van der Waals surface area contributed by atoms with Crippen molar-refractivity contribution in [1.82, 2.24) is 4.90 Å². The van der Waals surface area contributed by atoms with Crippen LogP contribution in [0.5, 0.6) is 0 Å². The number of carbonyl (C=O) groups is 1. The summed E-state index contributed by atoms with van der Waals surface area (Å²) in [7, 11) is 0. The van der Waals surface area contributed by atoms with Gasteiger partial charge in [-0.15, -0.1) is 0 Å². The van der Waals surface area contributed by atoms with Crippen molar-refractivity contribution in [3.8, 4) is 0 Å². The quantitative estimate of drug-likeness (QED) is 0.528. The minimum atomic E-state index is 0.187. The highest BCUT2D eigenvalue weighted by Crippen LogP contribution is 2.48. The Labute approximate surface area is 105 Å². The molecule has 4 unspecified atom stereocenters. The molecule has 1 saturated carbocycles. The first-order valence-corrected chi connectivity index (χ1v) is 7.24. The summed E-state index contributed by atoms with van der Waals surface area (Å²) < 4.78 is 0.781. The van der Waals surface area contributed by atoms with Crippen LogP contribution in [0.2, 0.25) is 0 Å². The number of nitrogens with zero attached hydrogens (tertiary/aromatic N) is 1. The zero-order valence-electron chi connectivity index (χ0n) is 9.26. The Morgan fingerprint density at radius 3 is 2.81 bits per heavy atom. The summed E-state index contributed by atoms with van der Waals surface area (Å²) in [6.45, 7) is 3.02. The van der Waals surface area contributed by atoms with E-state index in [9.17, 15) is 4.79 Å². The van der Waals surface area contributed by atoms with Gasteiger partial charge in [-0.3, -0.25) is 9.69 Å². The van der Waals surface area contributed by atoms with Gasteiger partial charge in [0, 0.05) is 18.2 Å². The van der Waals surface area contributed by atoms with Gasteiger partial charge in [0.2, 0.25) is 5.91 Å². The average Bonchev–Trinajstić information content (AvgIpc) is 2.92. The molecular formula is C12H15NOS2. The zero-order valence-corrected chi connectivity index (χ0v) is 10.9. The molecule has 0 aromatic rings. The number of fused-ring (bicyclic) bond motifs is 2. The minimum Gasteiger partial charge on any atom is -0.297 e. The molecule has 2 aliphatic carbocycles. The Morgan fingerprint density at radius 2 is 2.25 bits per heavy atom. The van der Waals surface area contributed by atoms with Crippen LogP contribution in [0.1, 0.15) is 13.3 Å². The van der Waals surface area contributed by atoms with Gasteiger partial charge in [-0.1, -0.05) is 43.1 Å². The van der Waals surface area contributed by atoms with Crippen LogP contribution < -0.4 is 0 Å². The number of thioether (sulfide) groups is 1. The number of thiocarbonyl (C=S) groups is 1. The van der Waals surface area contributed by atoms with Crippen LogP contribution in [0, 0.1) is 23.7 Å². The molecule has 0 aromatic carbocycles. The molecule has 0 spiro atoms. The predicted molar refractivity (Wildman–Crippen MR) is 70.2 cm³/mol. The summed E-state index contributed by atoms with van der Waals surface area (Å²) in [5.41, 5.74) is 0. The topological polar surface area (TPSA) is 20.3 Å². The second-order valence-corrected chi connectivity index (χ2v) is 6.67. The van der Waals surface area contributed by atoms with E-state index >= 15 is 0 Å². The van der Waals surface area contributed by atoms with Crippen LogP contribution in [-0.2, 0) is 4.79 Å². The van der Waals surface area contributed by atoms with Crippen molar-refractivity contribution >= 4 is 34.2 Å². The summed E-state index contributed by atoms with van der Waals surface area (Å²) in [5.74, 6) is 3.03. The molecule has 86 valence electrons. The number of rotatable bonds is 1. The summed E-state index contributed by atoms with van der Waals surface area (Å²) in [6.07, 6.45) is 5.70. The van der Waals surface area contributed by atoms with Crippen LogP contribution in [-0.4, -0.2) is 27.4 Å². The smallest absolute Gasteiger partial charge is 0.232 e. The molecule has 1 heterocycles. The highest BCUT2D eigenvalue weighted by molar-refractivity contribution is 8.23. The van der Waals surface area contributed by atoms with Crippen molar-refractivity contribution in [1.29, 1.82) is 0 Å². The number of hydrogen-bond donors (Lipinski definition) is 0. The normalized spacial score (nSPS) is 41.1. The van der Waals surface area contributed by atoms with Crippen LogP contribution in [0.25, 0.3) is 0 Å². The summed E-state index contributed by atoms with van der Waals surface area (Å²) in [4.78, 5) is 14.3. The van der Waals surface area contributed by atoms with Gasteiger partial charge in [0.25, 0.3) is 0 Å². The first-order valence-electron chi connectivity index (χ1n) is 5.85. The molecule has 3 rings (SSSR count). The van der Waals surface area contributed by atoms with Crippen LogP contribution in [0.4, 0.5) is 0 Å². The zero-order chi connectivity index (χ0) is 11.3. The third-order valence-electron chi connectivity index (χ3n) is 4.16. The van der Waals surface area contributed by atoms with Crippen molar-refractivity contribution in [3.63, 3.8) is 0 Å². The largest absolute Gasteiger partial charge is 0.297 e. The van der Waals surface area contributed by atoms with Crippen molar-refractivity contribution in [2.75, 3.05) is 12.3 Å². The molecule has 4 heteroatoms. The van der Waals surface area contributed by atoms with E-state index in [0.717, 1.165) is 16.6 Å². The lowest BCUT2D eigenvalue weighted by atomic mass is 9.83. The molecule has 1 saturated heterocycles.